The molecule has 1 unspecified atom stereocenters. The standard InChI is InChI=1S/C13H22N4/c1-5-6-7-8-11(2)15-13-14-10-9-12(16-13)17(3)4/h5,9-11H,1,6-8H2,2-4H3,(H,14,15,16). The second-order valence-corrected chi connectivity index (χ2v) is 4.40. The Morgan fingerprint density at radius 1 is 1.53 bits per heavy atom. The van der Waals surface area contributed by atoms with Crippen LogP contribution in [0.2, 0.25) is 0 Å². The van der Waals surface area contributed by atoms with Gasteiger partial charge in [-0.2, -0.15) is 4.98 Å². The maximum atomic E-state index is 4.42. The molecule has 1 rings (SSSR count). The van der Waals surface area contributed by atoms with Gasteiger partial charge in [0.1, 0.15) is 5.82 Å². The summed E-state index contributed by atoms with van der Waals surface area (Å²) >= 11 is 0. The number of allylic oxidation sites excluding steroid dienone is 1. The molecule has 0 spiro atoms. The highest BCUT2D eigenvalue weighted by Gasteiger charge is 2.05. The SMILES string of the molecule is C=CCCCC(C)Nc1nccc(N(C)C)n1. The zero-order valence-corrected chi connectivity index (χ0v) is 11.0. The first-order chi connectivity index (χ1) is 8.13. The minimum absolute atomic E-state index is 0.382. The van der Waals surface area contributed by atoms with Gasteiger partial charge in [-0.3, -0.25) is 0 Å². The molecule has 1 atom stereocenters. The van der Waals surface area contributed by atoms with Gasteiger partial charge < -0.3 is 10.2 Å². The summed E-state index contributed by atoms with van der Waals surface area (Å²) in [6, 6.07) is 2.28. The first kappa shape index (κ1) is 13.5. The average molecular weight is 234 g/mol. The van der Waals surface area contributed by atoms with E-state index in [1.165, 1.54) is 0 Å². The van der Waals surface area contributed by atoms with E-state index in [0.29, 0.717) is 12.0 Å². The van der Waals surface area contributed by atoms with Crippen LogP contribution in [-0.4, -0.2) is 30.1 Å². The summed E-state index contributed by atoms with van der Waals surface area (Å²) in [5.74, 6) is 1.61. The molecule has 0 aromatic carbocycles. The van der Waals surface area contributed by atoms with E-state index < -0.39 is 0 Å². The van der Waals surface area contributed by atoms with Crippen molar-refractivity contribution in [3.63, 3.8) is 0 Å². The molecule has 4 heteroatoms. The lowest BCUT2D eigenvalue weighted by atomic mass is 10.1. The van der Waals surface area contributed by atoms with Gasteiger partial charge in [0, 0.05) is 26.3 Å². The predicted octanol–water partition coefficient (Wildman–Crippen LogP) is 2.70. The highest BCUT2D eigenvalue weighted by Crippen LogP contribution is 2.11. The second-order valence-electron chi connectivity index (χ2n) is 4.40. The Labute approximate surface area is 104 Å². The first-order valence-electron chi connectivity index (χ1n) is 6.01. The van der Waals surface area contributed by atoms with Crippen LogP contribution in [0.25, 0.3) is 0 Å². The summed E-state index contributed by atoms with van der Waals surface area (Å²) in [5, 5.41) is 3.31. The van der Waals surface area contributed by atoms with Crippen LogP contribution in [0.1, 0.15) is 26.2 Å². The molecule has 1 aromatic heterocycles. The normalized spacial score (nSPS) is 11.9. The number of unbranched alkanes of at least 4 members (excludes halogenated alkanes) is 1. The van der Waals surface area contributed by atoms with E-state index >= 15 is 0 Å². The Balaban J connectivity index is 2.49. The lowest BCUT2D eigenvalue weighted by Gasteiger charge is -2.15. The third kappa shape index (κ3) is 4.85. The van der Waals surface area contributed by atoms with Gasteiger partial charge in [0.15, 0.2) is 0 Å². The number of rotatable bonds is 7. The van der Waals surface area contributed by atoms with E-state index in [2.05, 4.69) is 28.8 Å². The van der Waals surface area contributed by atoms with Crippen molar-refractivity contribution in [3.8, 4) is 0 Å². The smallest absolute Gasteiger partial charge is 0.224 e. The minimum atomic E-state index is 0.382. The van der Waals surface area contributed by atoms with E-state index in [1.54, 1.807) is 6.20 Å². The maximum Gasteiger partial charge on any atom is 0.224 e. The molecule has 0 saturated heterocycles. The number of hydrogen-bond donors (Lipinski definition) is 1. The molecular weight excluding hydrogens is 212 g/mol. The molecule has 0 aliphatic heterocycles. The lowest BCUT2D eigenvalue weighted by molar-refractivity contribution is 0.658. The van der Waals surface area contributed by atoms with Crippen LogP contribution < -0.4 is 10.2 Å². The van der Waals surface area contributed by atoms with Gasteiger partial charge in [-0.05, 0) is 32.3 Å². The second kappa shape index (κ2) is 6.89. The fourth-order valence-corrected chi connectivity index (χ4v) is 1.53. The summed E-state index contributed by atoms with van der Waals surface area (Å²) in [6.07, 6.45) is 7.04. The number of anilines is 2. The van der Waals surface area contributed by atoms with Crippen molar-refractivity contribution in [3.05, 3.63) is 24.9 Å². The quantitative estimate of drug-likeness (QED) is 0.582. The predicted molar refractivity (Wildman–Crippen MR) is 73.5 cm³/mol. The summed E-state index contributed by atoms with van der Waals surface area (Å²) in [4.78, 5) is 10.6. The van der Waals surface area contributed by atoms with Gasteiger partial charge in [-0.15, -0.1) is 6.58 Å². The summed E-state index contributed by atoms with van der Waals surface area (Å²) in [7, 11) is 3.94. The zero-order chi connectivity index (χ0) is 12.7. The highest BCUT2D eigenvalue weighted by atomic mass is 15.2. The molecule has 1 N–H and O–H groups in total. The Morgan fingerprint density at radius 2 is 2.29 bits per heavy atom. The topological polar surface area (TPSA) is 41.1 Å². The van der Waals surface area contributed by atoms with Gasteiger partial charge >= 0.3 is 0 Å². The van der Waals surface area contributed by atoms with Gasteiger partial charge in [0.05, 0.1) is 0 Å². The number of nitrogens with one attached hydrogen (secondary N) is 1. The Bertz CT molecular complexity index is 349. The molecule has 0 amide bonds. The monoisotopic (exact) mass is 234 g/mol. The third-order valence-corrected chi connectivity index (χ3v) is 2.52. The molecule has 17 heavy (non-hydrogen) atoms. The van der Waals surface area contributed by atoms with Crippen molar-refractivity contribution in [1.82, 2.24) is 9.97 Å². The first-order valence-corrected chi connectivity index (χ1v) is 6.01. The molecule has 1 heterocycles. The van der Waals surface area contributed by atoms with Crippen LogP contribution in [-0.2, 0) is 0 Å². The van der Waals surface area contributed by atoms with Crippen molar-refractivity contribution in [2.75, 3.05) is 24.3 Å². The maximum absolute atomic E-state index is 4.42. The summed E-state index contributed by atoms with van der Waals surface area (Å²) < 4.78 is 0. The van der Waals surface area contributed by atoms with Crippen molar-refractivity contribution in [1.29, 1.82) is 0 Å². The Hall–Kier alpha value is -1.58. The van der Waals surface area contributed by atoms with Crippen molar-refractivity contribution >= 4 is 11.8 Å². The van der Waals surface area contributed by atoms with E-state index in [9.17, 15) is 0 Å². The fourth-order valence-electron chi connectivity index (χ4n) is 1.53. The molecule has 4 nitrogen and oxygen atoms in total. The van der Waals surface area contributed by atoms with Gasteiger partial charge in [-0.25, -0.2) is 4.98 Å². The minimum Gasteiger partial charge on any atom is -0.363 e. The molecular formula is C13H22N4. The third-order valence-electron chi connectivity index (χ3n) is 2.52. The van der Waals surface area contributed by atoms with Gasteiger partial charge in [0.2, 0.25) is 5.95 Å². The van der Waals surface area contributed by atoms with Gasteiger partial charge in [-0.1, -0.05) is 6.08 Å². The summed E-state index contributed by atoms with van der Waals surface area (Å²) in [5.41, 5.74) is 0. The van der Waals surface area contributed by atoms with Crippen LogP contribution in [0.3, 0.4) is 0 Å². The molecule has 0 fully saturated rings. The molecule has 0 saturated carbocycles. The molecule has 0 aliphatic carbocycles. The van der Waals surface area contributed by atoms with Crippen molar-refractivity contribution in [2.45, 2.75) is 32.2 Å². The number of aromatic nitrogens is 2. The fraction of sp³-hybridized carbons (Fsp3) is 0.538. The largest absolute Gasteiger partial charge is 0.363 e. The van der Waals surface area contributed by atoms with Crippen molar-refractivity contribution in [2.24, 2.45) is 0 Å². The van der Waals surface area contributed by atoms with Gasteiger partial charge in [0.25, 0.3) is 0 Å². The van der Waals surface area contributed by atoms with Crippen LogP contribution in [0.4, 0.5) is 11.8 Å². The van der Waals surface area contributed by atoms with E-state index in [1.807, 2.05) is 31.1 Å². The van der Waals surface area contributed by atoms with Crippen LogP contribution >= 0.6 is 0 Å². The van der Waals surface area contributed by atoms with Crippen LogP contribution in [0.15, 0.2) is 24.9 Å². The number of nitrogens with zero attached hydrogens (tertiary/aromatic N) is 3. The Morgan fingerprint density at radius 3 is 2.94 bits per heavy atom. The van der Waals surface area contributed by atoms with E-state index in [0.717, 1.165) is 25.1 Å². The zero-order valence-electron chi connectivity index (χ0n) is 11.0. The van der Waals surface area contributed by atoms with E-state index in [-0.39, 0.29) is 0 Å². The highest BCUT2D eigenvalue weighted by molar-refractivity contribution is 5.41. The molecule has 94 valence electrons. The molecule has 1 aromatic rings. The van der Waals surface area contributed by atoms with Crippen LogP contribution in [0.5, 0.6) is 0 Å². The molecule has 0 aliphatic rings. The Kier molecular flexibility index (Phi) is 5.46. The average Bonchev–Trinajstić information content (AvgIpc) is 2.29. The van der Waals surface area contributed by atoms with Crippen LogP contribution in [0, 0.1) is 0 Å². The molecule has 0 radical (unpaired) electrons. The molecule has 0 bridgehead atoms. The van der Waals surface area contributed by atoms with E-state index in [4.69, 9.17) is 0 Å². The lowest BCUT2D eigenvalue weighted by Crippen LogP contribution is -2.18. The number of hydrogen-bond acceptors (Lipinski definition) is 4. The summed E-state index contributed by atoms with van der Waals surface area (Å²) in [6.45, 7) is 5.87. The van der Waals surface area contributed by atoms with Crippen molar-refractivity contribution < 1.29 is 0 Å².